The van der Waals surface area contributed by atoms with Gasteiger partial charge in [-0.2, -0.15) is 5.10 Å². The van der Waals surface area contributed by atoms with Crippen LogP contribution in [0.4, 0.5) is 5.69 Å². The topological polar surface area (TPSA) is 41.4 Å². The van der Waals surface area contributed by atoms with E-state index in [4.69, 9.17) is 23.2 Å². The molecule has 2 heterocycles. The van der Waals surface area contributed by atoms with Gasteiger partial charge in [0.15, 0.2) is 0 Å². The van der Waals surface area contributed by atoms with Gasteiger partial charge in [0, 0.05) is 43.1 Å². The van der Waals surface area contributed by atoms with E-state index in [1.807, 2.05) is 36.1 Å². The van der Waals surface area contributed by atoms with E-state index in [9.17, 15) is 4.79 Å². The van der Waals surface area contributed by atoms with Crippen molar-refractivity contribution in [2.45, 2.75) is 13.5 Å². The summed E-state index contributed by atoms with van der Waals surface area (Å²) in [5.41, 5.74) is 1.14. The number of carbonyl (C=O) groups is 1. The fourth-order valence-corrected chi connectivity index (χ4v) is 3.23. The highest BCUT2D eigenvalue weighted by atomic mass is 35.5. The third kappa shape index (κ3) is 4.02. The summed E-state index contributed by atoms with van der Waals surface area (Å²) in [6, 6.07) is 7.82. The van der Waals surface area contributed by atoms with Crippen LogP contribution < -0.4 is 4.90 Å². The molecule has 1 fully saturated rings. The van der Waals surface area contributed by atoms with Gasteiger partial charge < -0.3 is 9.80 Å². The number of piperazine rings is 1. The maximum absolute atomic E-state index is 12.6. The molecule has 1 amide bonds. The van der Waals surface area contributed by atoms with Gasteiger partial charge in [-0.1, -0.05) is 30.1 Å². The molecule has 1 aromatic heterocycles. The molecule has 7 heteroatoms. The van der Waals surface area contributed by atoms with Crippen molar-refractivity contribution in [2.75, 3.05) is 31.1 Å². The molecule has 1 saturated heterocycles. The zero-order chi connectivity index (χ0) is 17.1. The average molecular weight is 367 g/mol. The number of benzene rings is 1. The predicted molar refractivity (Wildman–Crippen MR) is 96.6 cm³/mol. The molecule has 0 N–H and O–H groups in total. The van der Waals surface area contributed by atoms with Crippen LogP contribution in [0, 0.1) is 5.92 Å². The molecule has 128 valence electrons. The zero-order valence-electron chi connectivity index (χ0n) is 13.5. The Morgan fingerprint density at radius 1 is 1.12 bits per heavy atom. The lowest BCUT2D eigenvalue weighted by molar-refractivity contribution is -0.135. The van der Waals surface area contributed by atoms with Gasteiger partial charge in [0.25, 0.3) is 0 Å². The summed E-state index contributed by atoms with van der Waals surface area (Å²) in [5, 5.41) is 5.46. The van der Waals surface area contributed by atoms with Crippen LogP contribution >= 0.6 is 23.2 Å². The van der Waals surface area contributed by atoms with Gasteiger partial charge in [0.2, 0.25) is 5.91 Å². The van der Waals surface area contributed by atoms with Gasteiger partial charge in [-0.3, -0.25) is 9.48 Å². The van der Waals surface area contributed by atoms with Crippen molar-refractivity contribution >= 4 is 34.8 Å². The van der Waals surface area contributed by atoms with Crippen LogP contribution in [0.3, 0.4) is 0 Å². The lowest BCUT2D eigenvalue weighted by atomic mass is 10.1. The minimum Gasteiger partial charge on any atom is -0.368 e. The number of aromatic nitrogens is 2. The van der Waals surface area contributed by atoms with E-state index in [-0.39, 0.29) is 11.8 Å². The van der Waals surface area contributed by atoms with Gasteiger partial charge in [-0.05, 0) is 24.3 Å². The van der Waals surface area contributed by atoms with Crippen molar-refractivity contribution in [3.05, 3.63) is 46.7 Å². The van der Waals surface area contributed by atoms with E-state index in [0.29, 0.717) is 11.6 Å². The summed E-state index contributed by atoms with van der Waals surface area (Å²) in [6.45, 7) is 5.59. The van der Waals surface area contributed by atoms with Gasteiger partial charge in [0.05, 0.1) is 23.7 Å². The zero-order valence-corrected chi connectivity index (χ0v) is 15.0. The van der Waals surface area contributed by atoms with Crippen LogP contribution in [-0.2, 0) is 11.3 Å². The second-order valence-corrected chi connectivity index (χ2v) is 6.94. The Morgan fingerprint density at radius 3 is 2.38 bits per heavy atom. The first-order valence-corrected chi connectivity index (χ1v) is 8.76. The van der Waals surface area contributed by atoms with Crippen molar-refractivity contribution in [1.29, 1.82) is 0 Å². The van der Waals surface area contributed by atoms with Gasteiger partial charge in [0.1, 0.15) is 0 Å². The summed E-state index contributed by atoms with van der Waals surface area (Å²) in [5.74, 6) is 0.0421. The average Bonchev–Trinajstić information content (AvgIpc) is 3.00. The monoisotopic (exact) mass is 366 g/mol. The Kier molecular flexibility index (Phi) is 5.31. The van der Waals surface area contributed by atoms with Crippen LogP contribution in [0.5, 0.6) is 0 Å². The molecule has 0 aliphatic carbocycles. The maximum atomic E-state index is 12.6. The normalized spacial score (nSPS) is 16.3. The SMILES string of the molecule is CC(Cn1cc(Cl)cn1)C(=O)N1CCN(c2ccc(Cl)cc2)CC1. The summed E-state index contributed by atoms with van der Waals surface area (Å²) in [4.78, 5) is 16.8. The first-order valence-electron chi connectivity index (χ1n) is 8.00. The fourth-order valence-electron chi connectivity index (χ4n) is 2.95. The third-order valence-corrected chi connectivity index (χ3v) is 4.71. The third-order valence-electron chi connectivity index (χ3n) is 4.27. The Bertz CT molecular complexity index is 693. The highest BCUT2D eigenvalue weighted by Gasteiger charge is 2.25. The molecule has 5 nitrogen and oxygen atoms in total. The Labute approximate surface area is 151 Å². The van der Waals surface area contributed by atoms with Crippen molar-refractivity contribution < 1.29 is 4.79 Å². The van der Waals surface area contributed by atoms with E-state index >= 15 is 0 Å². The molecule has 0 saturated carbocycles. The number of nitrogens with zero attached hydrogens (tertiary/aromatic N) is 4. The standard InChI is InChI=1S/C17H20Cl2N4O/c1-13(11-23-12-15(19)10-20-23)17(24)22-8-6-21(7-9-22)16-4-2-14(18)3-5-16/h2-5,10,12-13H,6-9,11H2,1H3. The van der Waals surface area contributed by atoms with Crippen LogP contribution in [0.25, 0.3) is 0 Å². The number of hydrogen-bond acceptors (Lipinski definition) is 3. The van der Waals surface area contributed by atoms with Gasteiger partial charge in [-0.25, -0.2) is 0 Å². The molecule has 1 aliphatic heterocycles. The summed E-state index contributed by atoms with van der Waals surface area (Å²) >= 11 is 11.8. The first kappa shape index (κ1) is 17.1. The van der Waals surface area contributed by atoms with E-state index < -0.39 is 0 Å². The molecule has 0 bridgehead atoms. The second kappa shape index (κ2) is 7.45. The number of carbonyl (C=O) groups excluding carboxylic acids is 1. The number of halogens is 2. The van der Waals surface area contributed by atoms with Gasteiger partial charge in [-0.15, -0.1) is 0 Å². The van der Waals surface area contributed by atoms with E-state index in [1.165, 1.54) is 0 Å². The van der Waals surface area contributed by atoms with E-state index in [2.05, 4.69) is 10.00 Å². The largest absolute Gasteiger partial charge is 0.368 e. The molecule has 1 atom stereocenters. The summed E-state index contributed by atoms with van der Waals surface area (Å²) in [6.07, 6.45) is 3.33. The quantitative estimate of drug-likeness (QED) is 0.834. The first-order chi connectivity index (χ1) is 11.5. The predicted octanol–water partition coefficient (Wildman–Crippen LogP) is 3.17. The van der Waals surface area contributed by atoms with Gasteiger partial charge >= 0.3 is 0 Å². The maximum Gasteiger partial charge on any atom is 0.227 e. The number of amides is 1. The number of hydrogen-bond donors (Lipinski definition) is 0. The minimum atomic E-state index is -0.122. The molecular formula is C17H20Cl2N4O. The molecule has 3 rings (SSSR count). The highest BCUT2D eigenvalue weighted by Crippen LogP contribution is 2.20. The van der Waals surface area contributed by atoms with E-state index in [0.717, 1.165) is 36.9 Å². The minimum absolute atomic E-state index is 0.122. The molecule has 0 spiro atoms. The van der Waals surface area contributed by atoms with Crippen molar-refractivity contribution in [3.63, 3.8) is 0 Å². The van der Waals surface area contributed by atoms with Crippen molar-refractivity contribution in [1.82, 2.24) is 14.7 Å². The van der Waals surface area contributed by atoms with Crippen LogP contribution in [0.15, 0.2) is 36.7 Å². The Morgan fingerprint density at radius 2 is 1.79 bits per heavy atom. The molecule has 1 aliphatic rings. The van der Waals surface area contributed by atoms with E-state index in [1.54, 1.807) is 17.1 Å². The molecule has 1 unspecified atom stereocenters. The fraction of sp³-hybridized carbons (Fsp3) is 0.412. The molecule has 1 aromatic carbocycles. The van der Waals surface area contributed by atoms with Crippen molar-refractivity contribution in [3.8, 4) is 0 Å². The molecular weight excluding hydrogens is 347 g/mol. The summed E-state index contributed by atoms with van der Waals surface area (Å²) in [7, 11) is 0. The number of rotatable bonds is 4. The molecule has 0 radical (unpaired) electrons. The second-order valence-electron chi connectivity index (χ2n) is 6.07. The smallest absolute Gasteiger partial charge is 0.227 e. The van der Waals surface area contributed by atoms with Crippen LogP contribution in [0.1, 0.15) is 6.92 Å². The lowest BCUT2D eigenvalue weighted by Gasteiger charge is -2.37. The molecule has 2 aromatic rings. The highest BCUT2D eigenvalue weighted by molar-refractivity contribution is 6.30. The van der Waals surface area contributed by atoms with Crippen LogP contribution in [0.2, 0.25) is 10.0 Å². The van der Waals surface area contributed by atoms with Crippen molar-refractivity contribution in [2.24, 2.45) is 5.92 Å². The molecule has 24 heavy (non-hydrogen) atoms. The Balaban J connectivity index is 1.53. The Hall–Kier alpha value is -1.72. The lowest BCUT2D eigenvalue weighted by Crippen LogP contribution is -2.50. The van der Waals surface area contributed by atoms with Crippen LogP contribution in [-0.4, -0.2) is 46.8 Å². The number of anilines is 1. The summed E-state index contributed by atoms with van der Waals surface area (Å²) < 4.78 is 1.72.